The van der Waals surface area contributed by atoms with Gasteiger partial charge in [0.05, 0.1) is 12.7 Å². The van der Waals surface area contributed by atoms with Crippen LogP contribution in [-0.2, 0) is 17.9 Å². The third kappa shape index (κ3) is 4.05. The summed E-state index contributed by atoms with van der Waals surface area (Å²) in [5, 5.41) is 3.22. The third-order valence-corrected chi connectivity index (χ3v) is 4.51. The van der Waals surface area contributed by atoms with Crippen LogP contribution in [0, 0.1) is 11.8 Å². The highest BCUT2D eigenvalue weighted by molar-refractivity contribution is 5.26. The standard InChI is InChI=1S/C17H27NO/c1-13-8-9-17(10-14(13)2)19-12-16-7-5-4-6-15(16)11-18-3/h4-7,13-14,17-18H,8-12H2,1-3H3. The van der Waals surface area contributed by atoms with E-state index >= 15 is 0 Å². The molecule has 0 heterocycles. The van der Waals surface area contributed by atoms with E-state index < -0.39 is 0 Å². The van der Waals surface area contributed by atoms with Crippen LogP contribution in [0.1, 0.15) is 44.2 Å². The SMILES string of the molecule is CNCc1ccccc1COC1CCC(C)C(C)C1. The molecule has 1 aromatic carbocycles. The van der Waals surface area contributed by atoms with Crippen LogP contribution in [0.25, 0.3) is 0 Å². The van der Waals surface area contributed by atoms with Crippen molar-refractivity contribution in [1.82, 2.24) is 5.32 Å². The number of hydrogen-bond acceptors (Lipinski definition) is 2. The van der Waals surface area contributed by atoms with E-state index in [0.29, 0.717) is 6.10 Å². The molecule has 1 aromatic rings. The smallest absolute Gasteiger partial charge is 0.0723 e. The van der Waals surface area contributed by atoms with Gasteiger partial charge in [0.2, 0.25) is 0 Å². The van der Waals surface area contributed by atoms with Crippen LogP contribution in [-0.4, -0.2) is 13.2 Å². The lowest BCUT2D eigenvalue weighted by Gasteiger charge is -2.32. The summed E-state index contributed by atoms with van der Waals surface area (Å²) in [5.41, 5.74) is 2.67. The summed E-state index contributed by atoms with van der Waals surface area (Å²) in [6, 6.07) is 8.56. The average molecular weight is 261 g/mol. The minimum absolute atomic E-state index is 0.453. The molecule has 0 bridgehead atoms. The summed E-state index contributed by atoms with van der Waals surface area (Å²) in [7, 11) is 1.99. The van der Waals surface area contributed by atoms with Crippen molar-refractivity contribution < 1.29 is 4.74 Å². The minimum Gasteiger partial charge on any atom is -0.374 e. The molecule has 1 aliphatic rings. The van der Waals surface area contributed by atoms with E-state index in [1.807, 2.05) is 7.05 Å². The quantitative estimate of drug-likeness (QED) is 0.871. The van der Waals surface area contributed by atoms with Crippen molar-refractivity contribution in [2.45, 2.75) is 52.4 Å². The molecule has 2 heteroatoms. The van der Waals surface area contributed by atoms with Gasteiger partial charge < -0.3 is 10.1 Å². The molecule has 2 nitrogen and oxygen atoms in total. The van der Waals surface area contributed by atoms with Gasteiger partial charge >= 0.3 is 0 Å². The van der Waals surface area contributed by atoms with Gasteiger partial charge in [0.1, 0.15) is 0 Å². The molecule has 0 spiro atoms. The van der Waals surface area contributed by atoms with Crippen LogP contribution in [0.5, 0.6) is 0 Å². The summed E-state index contributed by atoms with van der Waals surface area (Å²) in [6.45, 7) is 6.39. The zero-order valence-corrected chi connectivity index (χ0v) is 12.5. The van der Waals surface area contributed by atoms with E-state index in [1.54, 1.807) is 0 Å². The highest BCUT2D eigenvalue weighted by Crippen LogP contribution is 2.31. The molecule has 1 aliphatic carbocycles. The lowest BCUT2D eigenvalue weighted by Crippen LogP contribution is -2.26. The van der Waals surface area contributed by atoms with E-state index in [-0.39, 0.29) is 0 Å². The van der Waals surface area contributed by atoms with Gasteiger partial charge in [-0.25, -0.2) is 0 Å². The summed E-state index contributed by atoms with van der Waals surface area (Å²) in [4.78, 5) is 0. The maximum atomic E-state index is 6.15. The number of hydrogen-bond donors (Lipinski definition) is 1. The van der Waals surface area contributed by atoms with Crippen molar-refractivity contribution >= 4 is 0 Å². The molecular formula is C17H27NO. The Kier molecular flexibility index (Phi) is 5.41. The van der Waals surface area contributed by atoms with Crippen molar-refractivity contribution in [2.24, 2.45) is 11.8 Å². The fourth-order valence-electron chi connectivity index (χ4n) is 2.92. The highest BCUT2D eigenvalue weighted by Gasteiger charge is 2.24. The maximum absolute atomic E-state index is 6.15. The van der Waals surface area contributed by atoms with Gasteiger partial charge in [-0.1, -0.05) is 38.1 Å². The first-order chi connectivity index (χ1) is 9.20. The lowest BCUT2D eigenvalue weighted by atomic mass is 9.80. The maximum Gasteiger partial charge on any atom is 0.0723 e. The number of rotatable bonds is 5. The predicted molar refractivity (Wildman–Crippen MR) is 80.0 cm³/mol. The van der Waals surface area contributed by atoms with Crippen LogP contribution < -0.4 is 5.32 Å². The van der Waals surface area contributed by atoms with Crippen molar-refractivity contribution in [3.63, 3.8) is 0 Å². The van der Waals surface area contributed by atoms with E-state index in [0.717, 1.165) is 25.0 Å². The van der Waals surface area contributed by atoms with E-state index in [2.05, 4.69) is 43.4 Å². The van der Waals surface area contributed by atoms with Crippen LogP contribution in [0.4, 0.5) is 0 Å². The van der Waals surface area contributed by atoms with Crippen molar-refractivity contribution in [3.8, 4) is 0 Å². The summed E-state index contributed by atoms with van der Waals surface area (Å²) < 4.78 is 6.15. The monoisotopic (exact) mass is 261 g/mol. The van der Waals surface area contributed by atoms with Gasteiger partial charge in [-0.3, -0.25) is 0 Å². The van der Waals surface area contributed by atoms with E-state index in [1.165, 1.54) is 30.4 Å². The Morgan fingerprint density at radius 3 is 2.53 bits per heavy atom. The molecule has 19 heavy (non-hydrogen) atoms. The van der Waals surface area contributed by atoms with Crippen LogP contribution >= 0.6 is 0 Å². The van der Waals surface area contributed by atoms with Gasteiger partial charge in [0.15, 0.2) is 0 Å². The fourth-order valence-corrected chi connectivity index (χ4v) is 2.92. The van der Waals surface area contributed by atoms with Gasteiger partial charge in [-0.05, 0) is 49.3 Å². The Bertz CT molecular complexity index is 391. The Morgan fingerprint density at radius 2 is 1.84 bits per heavy atom. The fraction of sp³-hybridized carbons (Fsp3) is 0.647. The zero-order chi connectivity index (χ0) is 13.7. The van der Waals surface area contributed by atoms with Gasteiger partial charge in [-0.15, -0.1) is 0 Å². The van der Waals surface area contributed by atoms with Crippen molar-refractivity contribution in [3.05, 3.63) is 35.4 Å². The Balaban J connectivity index is 1.88. The molecule has 0 saturated heterocycles. The minimum atomic E-state index is 0.453. The van der Waals surface area contributed by atoms with Crippen LogP contribution in [0.3, 0.4) is 0 Å². The Hall–Kier alpha value is -0.860. The summed E-state index contributed by atoms with van der Waals surface area (Å²) >= 11 is 0. The zero-order valence-electron chi connectivity index (χ0n) is 12.5. The number of benzene rings is 1. The van der Waals surface area contributed by atoms with Gasteiger partial charge in [-0.2, -0.15) is 0 Å². The van der Waals surface area contributed by atoms with Crippen molar-refractivity contribution in [2.75, 3.05) is 7.05 Å². The molecule has 1 fully saturated rings. The van der Waals surface area contributed by atoms with Crippen molar-refractivity contribution in [1.29, 1.82) is 0 Å². The second kappa shape index (κ2) is 7.06. The molecule has 0 aliphatic heterocycles. The molecule has 0 amide bonds. The van der Waals surface area contributed by atoms with Crippen LogP contribution in [0.2, 0.25) is 0 Å². The summed E-state index contributed by atoms with van der Waals surface area (Å²) in [6.07, 6.45) is 4.20. The predicted octanol–water partition coefficient (Wildman–Crippen LogP) is 3.75. The molecule has 1 saturated carbocycles. The molecule has 2 rings (SSSR count). The third-order valence-electron chi connectivity index (χ3n) is 4.51. The molecular weight excluding hydrogens is 234 g/mol. The van der Waals surface area contributed by atoms with E-state index in [9.17, 15) is 0 Å². The molecule has 0 radical (unpaired) electrons. The lowest BCUT2D eigenvalue weighted by molar-refractivity contribution is -0.00772. The number of nitrogens with one attached hydrogen (secondary N) is 1. The second-order valence-corrected chi connectivity index (χ2v) is 6.00. The topological polar surface area (TPSA) is 21.3 Å². The second-order valence-electron chi connectivity index (χ2n) is 6.00. The first kappa shape index (κ1) is 14.5. The molecule has 3 atom stereocenters. The number of ether oxygens (including phenoxy) is 1. The van der Waals surface area contributed by atoms with Gasteiger partial charge in [0, 0.05) is 6.54 Å². The molecule has 1 N–H and O–H groups in total. The largest absolute Gasteiger partial charge is 0.374 e. The molecule has 106 valence electrons. The highest BCUT2D eigenvalue weighted by atomic mass is 16.5. The Labute approximate surface area is 117 Å². The Morgan fingerprint density at radius 1 is 1.11 bits per heavy atom. The molecule has 3 unspecified atom stereocenters. The van der Waals surface area contributed by atoms with Gasteiger partial charge in [0.25, 0.3) is 0 Å². The normalized spacial score (nSPS) is 27.4. The van der Waals surface area contributed by atoms with Crippen LogP contribution in [0.15, 0.2) is 24.3 Å². The van der Waals surface area contributed by atoms with E-state index in [4.69, 9.17) is 4.74 Å². The first-order valence-corrected chi connectivity index (χ1v) is 7.53. The molecule has 0 aromatic heterocycles. The average Bonchev–Trinajstić information content (AvgIpc) is 2.42. The first-order valence-electron chi connectivity index (χ1n) is 7.53. The summed E-state index contributed by atoms with van der Waals surface area (Å²) in [5.74, 6) is 1.66.